The van der Waals surface area contributed by atoms with Crippen molar-refractivity contribution >= 4 is 95.7 Å². The molecule has 0 aliphatic carbocycles. The Labute approximate surface area is 254 Å². The van der Waals surface area contributed by atoms with Crippen LogP contribution in [0.1, 0.15) is 0 Å². The van der Waals surface area contributed by atoms with E-state index in [4.69, 9.17) is 4.42 Å². The zero-order chi connectivity index (χ0) is 28.1. The first-order chi connectivity index (χ1) is 21.3. The van der Waals surface area contributed by atoms with Crippen molar-refractivity contribution in [2.75, 3.05) is 0 Å². The minimum atomic E-state index is 0.929. The average molecular weight is 584 g/mol. The maximum atomic E-state index is 6.58. The molecule has 4 heterocycles. The molecule has 43 heavy (non-hydrogen) atoms. The van der Waals surface area contributed by atoms with Crippen LogP contribution in [0.4, 0.5) is 0 Å². The molecule has 0 unspecified atom stereocenters. The molecule has 0 saturated carbocycles. The Balaban J connectivity index is 1.40. The number of aromatic nitrogens is 1. The summed E-state index contributed by atoms with van der Waals surface area (Å²) in [5, 5.41) is 9.92. The largest absolute Gasteiger partial charge is 0.455 e. The molecule has 6 aromatic carbocycles. The molecule has 10 aromatic rings. The highest BCUT2D eigenvalue weighted by atomic mass is 32.1. The lowest BCUT2D eigenvalue weighted by molar-refractivity contribution is 0.673. The highest BCUT2D eigenvalue weighted by Crippen LogP contribution is 2.51. The second-order valence-electron chi connectivity index (χ2n) is 11.1. The minimum absolute atomic E-state index is 0.929. The lowest BCUT2D eigenvalue weighted by Gasteiger charge is -2.11. The number of nitrogens with zero attached hydrogens (tertiary/aromatic N) is 1. The van der Waals surface area contributed by atoms with E-state index in [2.05, 4.69) is 120 Å². The Bertz CT molecular complexity index is 2730. The van der Waals surface area contributed by atoms with E-state index < -0.39 is 0 Å². The molecule has 0 amide bonds. The Morgan fingerprint density at radius 1 is 0.488 bits per heavy atom. The van der Waals surface area contributed by atoms with Crippen LogP contribution in [-0.4, -0.2) is 4.98 Å². The number of furan rings is 1. The van der Waals surface area contributed by atoms with Gasteiger partial charge in [0.2, 0.25) is 0 Å². The first kappa shape index (κ1) is 23.5. The molecular weight excluding hydrogens is 563 g/mol. The molecule has 4 heteroatoms. The van der Waals surface area contributed by atoms with E-state index in [0.717, 1.165) is 16.6 Å². The number of para-hydroxylation sites is 1. The molecule has 0 aliphatic heterocycles. The summed E-state index contributed by atoms with van der Waals surface area (Å²) in [6, 6.07) is 41.8. The number of thiophene rings is 2. The zero-order valence-electron chi connectivity index (χ0n) is 22.8. The van der Waals surface area contributed by atoms with Crippen molar-refractivity contribution in [1.29, 1.82) is 0 Å². The van der Waals surface area contributed by atoms with E-state index in [1.807, 2.05) is 35.1 Å². The minimum Gasteiger partial charge on any atom is -0.455 e. The van der Waals surface area contributed by atoms with E-state index in [0.29, 0.717) is 0 Å². The van der Waals surface area contributed by atoms with Gasteiger partial charge in [-0.15, -0.1) is 22.7 Å². The number of hydrogen-bond acceptors (Lipinski definition) is 4. The molecule has 0 spiro atoms. The normalized spacial score (nSPS) is 12.2. The second kappa shape index (κ2) is 8.74. The third kappa shape index (κ3) is 3.30. The molecule has 0 aliphatic rings. The SMILES string of the molecule is c1ccc2cc3c(cc2c1)sc1c(-c2cc4c5ccccc5oc4c4c2sc2ccccc24)ccc(-c2ccncc2)c13. The van der Waals surface area contributed by atoms with Crippen LogP contribution in [-0.2, 0) is 0 Å². The fraction of sp³-hybridized carbons (Fsp3) is 0. The molecule has 0 fully saturated rings. The van der Waals surface area contributed by atoms with Crippen LogP contribution < -0.4 is 0 Å². The molecular formula is C39H21NOS2. The summed E-state index contributed by atoms with van der Waals surface area (Å²) in [5.74, 6) is 0. The van der Waals surface area contributed by atoms with Gasteiger partial charge in [0.1, 0.15) is 11.2 Å². The topological polar surface area (TPSA) is 26.0 Å². The van der Waals surface area contributed by atoms with Gasteiger partial charge in [-0.2, -0.15) is 0 Å². The summed E-state index contributed by atoms with van der Waals surface area (Å²) in [6.45, 7) is 0. The summed E-state index contributed by atoms with van der Waals surface area (Å²) in [7, 11) is 0. The van der Waals surface area contributed by atoms with Gasteiger partial charge in [-0.05, 0) is 64.4 Å². The van der Waals surface area contributed by atoms with E-state index in [9.17, 15) is 0 Å². The Morgan fingerprint density at radius 2 is 1.19 bits per heavy atom. The number of fused-ring (bicyclic) bond motifs is 11. The molecule has 0 bridgehead atoms. The predicted octanol–water partition coefficient (Wildman–Crippen LogP) is 12.2. The number of rotatable bonds is 2. The zero-order valence-corrected chi connectivity index (χ0v) is 24.4. The van der Waals surface area contributed by atoms with Crippen LogP contribution in [0.2, 0.25) is 0 Å². The first-order valence-corrected chi connectivity index (χ1v) is 16.0. The van der Waals surface area contributed by atoms with Gasteiger partial charge in [0.05, 0.1) is 0 Å². The maximum absolute atomic E-state index is 6.58. The average Bonchev–Trinajstić information content (AvgIpc) is 3.74. The summed E-state index contributed by atoms with van der Waals surface area (Å²) in [4.78, 5) is 4.31. The van der Waals surface area contributed by atoms with Crippen molar-refractivity contribution in [1.82, 2.24) is 4.98 Å². The monoisotopic (exact) mass is 583 g/mol. The molecule has 0 N–H and O–H groups in total. The van der Waals surface area contributed by atoms with Crippen molar-refractivity contribution in [2.24, 2.45) is 0 Å². The number of pyridine rings is 1. The molecule has 10 rings (SSSR count). The van der Waals surface area contributed by atoms with Crippen molar-refractivity contribution in [3.05, 3.63) is 128 Å². The Morgan fingerprint density at radius 3 is 2.07 bits per heavy atom. The summed E-state index contributed by atoms with van der Waals surface area (Å²) >= 11 is 3.76. The van der Waals surface area contributed by atoms with Gasteiger partial charge in [0.25, 0.3) is 0 Å². The van der Waals surface area contributed by atoms with Crippen molar-refractivity contribution < 1.29 is 4.42 Å². The van der Waals surface area contributed by atoms with Crippen LogP contribution >= 0.6 is 22.7 Å². The predicted molar refractivity (Wildman–Crippen MR) is 186 cm³/mol. The Kier molecular flexibility index (Phi) is 4.78. The van der Waals surface area contributed by atoms with Gasteiger partial charge in [-0.1, -0.05) is 72.8 Å². The molecule has 0 atom stereocenters. The van der Waals surface area contributed by atoms with Gasteiger partial charge in [0.15, 0.2) is 0 Å². The third-order valence-electron chi connectivity index (χ3n) is 8.76. The van der Waals surface area contributed by atoms with E-state index >= 15 is 0 Å². The highest BCUT2D eigenvalue weighted by Gasteiger charge is 2.22. The van der Waals surface area contributed by atoms with Crippen LogP contribution in [0.25, 0.3) is 95.3 Å². The molecule has 200 valence electrons. The Hall–Kier alpha value is -5.03. The van der Waals surface area contributed by atoms with Gasteiger partial charge < -0.3 is 4.42 Å². The van der Waals surface area contributed by atoms with Crippen molar-refractivity contribution in [2.45, 2.75) is 0 Å². The van der Waals surface area contributed by atoms with Crippen molar-refractivity contribution in [3.63, 3.8) is 0 Å². The van der Waals surface area contributed by atoms with E-state index in [1.165, 1.54) is 78.8 Å². The van der Waals surface area contributed by atoms with Gasteiger partial charge in [0, 0.05) is 74.6 Å². The van der Waals surface area contributed by atoms with E-state index in [1.54, 1.807) is 0 Å². The number of hydrogen-bond donors (Lipinski definition) is 0. The summed E-state index contributed by atoms with van der Waals surface area (Å²) in [5.41, 5.74) is 6.86. The molecule has 0 saturated heterocycles. The number of benzene rings is 6. The summed E-state index contributed by atoms with van der Waals surface area (Å²) in [6.07, 6.45) is 3.77. The molecule has 0 radical (unpaired) electrons. The fourth-order valence-electron chi connectivity index (χ4n) is 6.81. The van der Waals surface area contributed by atoms with E-state index in [-0.39, 0.29) is 0 Å². The summed E-state index contributed by atoms with van der Waals surface area (Å²) < 4.78 is 11.7. The fourth-order valence-corrected chi connectivity index (χ4v) is 9.33. The van der Waals surface area contributed by atoms with Crippen LogP contribution in [0.5, 0.6) is 0 Å². The van der Waals surface area contributed by atoms with Crippen LogP contribution in [0, 0.1) is 0 Å². The quantitative estimate of drug-likeness (QED) is 0.202. The molecule has 2 nitrogen and oxygen atoms in total. The molecule has 4 aromatic heterocycles. The van der Waals surface area contributed by atoms with Gasteiger partial charge >= 0.3 is 0 Å². The smallest absolute Gasteiger partial charge is 0.144 e. The standard InChI is InChI=1S/C39H21NOS2/c1-2-8-24-20-34-31(19-23(24)7-1)35-25(22-15-17-40-18-16-22)13-14-27(38(35)43-34)30-21-29-26-9-3-5-11-32(26)41-37(29)36-28-10-4-6-12-33(28)42-39(30)36/h1-21H. The van der Waals surface area contributed by atoms with Crippen LogP contribution in [0.3, 0.4) is 0 Å². The highest BCUT2D eigenvalue weighted by molar-refractivity contribution is 7.27. The van der Waals surface area contributed by atoms with Crippen LogP contribution in [0.15, 0.2) is 132 Å². The maximum Gasteiger partial charge on any atom is 0.144 e. The lowest BCUT2D eigenvalue weighted by atomic mass is 9.93. The van der Waals surface area contributed by atoms with Gasteiger partial charge in [-0.3, -0.25) is 4.98 Å². The van der Waals surface area contributed by atoms with Crippen molar-refractivity contribution in [3.8, 4) is 22.3 Å². The third-order valence-corrected chi connectivity index (χ3v) is 11.1. The lowest BCUT2D eigenvalue weighted by Crippen LogP contribution is -1.85. The first-order valence-electron chi connectivity index (χ1n) is 14.4. The second-order valence-corrected chi connectivity index (χ2v) is 13.2. The van der Waals surface area contributed by atoms with Gasteiger partial charge in [-0.25, -0.2) is 0 Å².